The predicted octanol–water partition coefficient (Wildman–Crippen LogP) is 4.90. The van der Waals surface area contributed by atoms with Crippen LogP contribution in [0.3, 0.4) is 0 Å². The molecular formula is C23H38O2. The van der Waals surface area contributed by atoms with Gasteiger partial charge in [0.1, 0.15) is 0 Å². The van der Waals surface area contributed by atoms with Gasteiger partial charge >= 0.3 is 0 Å². The van der Waals surface area contributed by atoms with Gasteiger partial charge in [-0.1, -0.05) is 20.8 Å². The molecule has 0 aromatic carbocycles. The molecule has 0 aromatic rings. The number of methoxy groups -OCH3 is 1. The van der Waals surface area contributed by atoms with Gasteiger partial charge in [0, 0.05) is 19.1 Å². The van der Waals surface area contributed by atoms with E-state index in [0.29, 0.717) is 34.9 Å². The van der Waals surface area contributed by atoms with Gasteiger partial charge in [-0.2, -0.15) is 0 Å². The summed E-state index contributed by atoms with van der Waals surface area (Å²) >= 11 is 0. The molecule has 5 rings (SSSR count). The van der Waals surface area contributed by atoms with Crippen LogP contribution in [-0.2, 0) is 4.74 Å². The molecule has 2 nitrogen and oxygen atoms in total. The summed E-state index contributed by atoms with van der Waals surface area (Å²) in [4.78, 5) is 0. The molecule has 5 aliphatic carbocycles. The van der Waals surface area contributed by atoms with Gasteiger partial charge in [0.2, 0.25) is 0 Å². The fourth-order valence-corrected chi connectivity index (χ4v) is 9.68. The minimum atomic E-state index is 0.365. The number of ether oxygens (including phenoxy) is 1. The fraction of sp³-hybridized carbons (Fsp3) is 1.00. The van der Waals surface area contributed by atoms with Crippen molar-refractivity contribution in [3.8, 4) is 0 Å². The van der Waals surface area contributed by atoms with Gasteiger partial charge < -0.3 is 9.84 Å². The third kappa shape index (κ3) is 1.85. The van der Waals surface area contributed by atoms with Crippen LogP contribution < -0.4 is 0 Å². The van der Waals surface area contributed by atoms with E-state index in [0.717, 1.165) is 29.6 Å². The monoisotopic (exact) mass is 346 g/mol. The van der Waals surface area contributed by atoms with Gasteiger partial charge in [0.25, 0.3) is 0 Å². The van der Waals surface area contributed by atoms with Crippen molar-refractivity contribution in [3.05, 3.63) is 0 Å². The summed E-state index contributed by atoms with van der Waals surface area (Å²) in [7, 11) is 1.99. The largest absolute Gasteiger partial charge is 0.396 e. The summed E-state index contributed by atoms with van der Waals surface area (Å²) in [5.41, 5.74) is 1.56. The lowest BCUT2D eigenvalue weighted by Gasteiger charge is -2.61. The fourth-order valence-electron chi connectivity index (χ4n) is 9.68. The predicted molar refractivity (Wildman–Crippen MR) is 100 cm³/mol. The maximum absolute atomic E-state index is 9.80. The van der Waals surface area contributed by atoms with E-state index in [-0.39, 0.29) is 0 Å². The Balaban J connectivity index is 1.49. The molecule has 0 radical (unpaired) electrons. The first-order chi connectivity index (χ1) is 11.9. The highest BCUT2D eigenvalue weighted by Gasteiger charge is 2.77. The number of aliphatic hydroxyl groups is 1. The SMILES string of the molecule is CO[C@@H]1CC2C3CCC([C@H](C)CO)[C@@]3(C)CCC2[C@@]2(C)CC[C@@H]3C[C@]312. The summed E-state index contributed by atoms with van der Waals surface area (Å²) in [6.07, 6.45) is 11.8. The van der Waals surface area contributed by atoms with E-state index in [1.54, 1.807) is 0 Å². The van der Waals surface area contributed by atoms with Crippen LogP contribution in [-0.4, -0.2) is 24.9 Å². The normalized spacial score (nSPS) is 60.4. The highest BCUT2D eigenvalue weighted by atomic mass is 16.5. The Kier molecular flexibility index (Phi) is 3.58. The van der Waals surface area contributed by atoms with E-state index in [4.69, 9.17) is 4.74 Å². The molecule has 1 N–H and O–H groups in total. The quantitative estimate of drug-likeness (QED) is 0.787. The summed E-state index contributed by atoms with van der Waals surface area (Å²) in [5, 5.41) is 9.80. The average Bonchev–Trinajstić information content (AvgIpc) is 3.12. The first-order valence-corrected chi connectivity index (χ1v) is 11.1. The lowest BCUT2D eigenvalue weighted by molar-refractivity contribution is -0.161. The Labute approximate surface area is 154 Å². The molecule has 4 unspecified atom stereocenters. The van der Waals surface area contributed by atoms with E-state index in [2.05, 4.69) is 20.8 Å². The second-order valence-electron chi connectivity index (χ2n) is 11.1. The molecule has 0 aliphatic heterocycles. The zero-order valence-corrected chi connectivity index (χ0v) is 16.8. The molecule has 0 bridgehead atoms. The molecule has 5 fully saturated rings. The lowest BCUT2D eigenvalue weighted by Crippen LogP contribution is -2.57. The van der Waals surface area contributed by atoms with Crippen molar-refractivity contribution in [2.75, 3.05) is 13.7 Å². The van der Waals surface area contributed by atoms with Crippen LogP contribution in [0.25, 0.3) is 0 Å². The van der Waals surface area contributed by atoms with Crippen LogP contribution in [0, 0.1) is 51.8 Å². The van der Waals surface area contributed by atoms with Crippen LogP contribution in [0.1, 0.15) is 72.1 Å². The molecule has 0 aromatic heterocycles. The molecule has 5 saturated carbocycles. The number of hydrogen-bond donors (Lipinski definition) is 1. The van der Waals surface area contributed by atoms with Gasteiger partial charge in [-0.15, -0.1) is 0 Å². The number of hydrogen-bond acceptors (Lipinski definition) is 2. The van der Waals surface area contributed by atoms with Crippen molar-refractivity contribution in [3.63, 3.8) is 0 Å². The van der Waals surface area contributed by atoms with Gasteiger partial charge in [0.15, 0.2) is 0 Å². The minimum absolute atomic E-state index is 0.365. The maximum atomic E-state index is 9.80. The van der Waals surface area contributed by atoms with Crippen molar-refractivity contribution < 1.29 is 9.84 Å². The average molecular weight is 347 g/mol. The van der Waals surface area contributed by atoms with E-state index >= 15 is 0 Å². The Bertz CT molecular complexity index is 560. The van der Waals surface area contributed by atoms with Gasteiger partial charge in [-0.05, 0) is 97.7 Å². The summed E-state index contributed by atoms with van der Waals surface area (Å²) in [5.74, 6) is 4.85. The molecule has 5 aliphatic rings. The van der Waals surface area contributed by atoms with Crippen molar-refractivity contribution in [1.29, 1.82) is 0 Å². The number of fused-ring (bicyclic) bond motifs is 4. The molecule has 0 heterocycles. The highest BCUT2D eigenvalue weighted by Crippen LogP contribution is 2.82. The minimum Gasteiger partial charge on any atom is -0.396 e. The van der Waals surface area contributed by atoms with Crippen LogP contribution in [0.4, 0.5) is 0 Å². The first-order valence-electron chi connectivity index (χ1n) is 11.1. The third-order valence-electron chi connectivity index (χ3n) is 10.9. The van der Waals surface area contributed by atoms with Crippen LogP contribution in [0.2, 0.25) is 0 Å². The summed E-state index contributed by atoms with van der Waals surface area (Å²) in [6.45, 7) is 7.89. The van der Waals surface area contributed by atoms with Gasteiger partial charge in [-0.3, -0.25) is 0 Å². The second kappa shape index (κ2) is 5.25. The van der Waals surface area contributed by atoms with Crippen LogP contribution >= 0.6 is 0 Å². The van der Waals surface area contributed by atoms with E-state index in [1.807, 2.05) is 7.11 Å². The Hall–Kier alpha value is -0.0800. The maximum Gasteiger partial charge on any atom is 0.0638 e. The molecule has 142 valence electrons. The molecule has 2 heteroatoms. The molecular weight excluding hydrogens is 308 g/mol. The number of rotatable bonds is 3. The van der Waals surface area contributed by atoms with Crippen LogP contribution in [0.5, 0.6) is 0 Å². The molecule has 1 spiro atoms. The van der Waals surface area contributed by atoms with Crippen molar-refractivity contribution in [1.82, 2.24) is 0 Å². The van der Waals surface area contributed by atoms with Gasteiger partial charge in [0.05, 0.1) is 6.10 Å². The zero-order valence-electron chi connectivity index (χ0n) is 16.8. The van der Waals surface area contributed by atoms with E-state index in [9.17, 15) is 5.11 Å². The smallest absolute Gasteiger partial charge is 0.0638 e. The molecule has 25 heavy (non-hydrogen) atoms. The third-order valence-corrected chi connectivity index (χ3v) is 10.9. The molecule has 0 amide bonds. The summed E-state index contributed by atoms with van der Waals surface area (Å²) in [6, 6.07) is 0. The number of aliphatic hydroxyl groups excluding tert-OH is 1. The Morgan fingerprint density at radius 2 is 1.88 bits per heavy atom. The van der Waals surface area contributed by atoms with Crippen molar-refractivity contribution >= 4 is 0 Å². The Morgan fingerprint density at radius 3 is 2.56 bits per heavy atom. The van der Waals surface area contributed by atoms with Crippen LogP contribution in [0.15, 0.2) is 0 Å². The molecule has 0 saturated heterocycles. The molecule has 10 atom stereocenters. The highest BCUT2D eigenvalue weighted by molar-refractivity contribution is 5.26. The Morgan fingerprint density at radius 1 is 1.08 bits per heavy atom. The topological polar surface area (TPSA) is 29.5 Å². The zero-order chi connectivity index (χ0) is 17.6. The first kappa shape index (κ1) is 17.0. The lowest BCUT2D eigenvalue weighted by atomic mass is 9.45. The summed E-state index contributed by atoms with van der Waals surface area (Å²) < 4.78 is 6.20. The van der Waals surface area contributed by atoms with Gasteiger partial charge in [-0.25, -0.2) is 0 Å². The standard InChI is InChI=1S/C23H38O2/c1-14(13-24)17-5-6-18-16-11-20(25-4)23-12-15(23)7-10-22(23,3)19(16)8-9-21(17,18)2/h14-20,24H,5-13H2,1-4H3/t14-,15-,16?,17?,18?,19?,20-,21-,22-,23+/m1/s1. The second-order valence-corrected chi connectivity index (χ2v) is 11.1. The van der Waals surface area contributed by atoms with E-state index < -0.39 is 0 Å². The van der Waals surface area contributed by atoms with E-state index in [1.165, 1.54) is 51.4 Å². The van der Waals surface area contributed by atoms with Crippen molar-refractivity contribution in [2.24, 2.45) is 51.8 Å². The van der Waals surface area contributed by atoms with Crippen molar-refractivity contribution in [2.45, 2.75) is 78.2 Å².